The fourth-order valence-electron chi connectivity index (χ4n) is 1.24. The van der Waals surface area contributed by atoms with Gasteiger partial charge in [-0.1, -0.05) is 0 Å². The number of aromatic amines is 1. The normalized spacial score (nSPS) is 16.2. The van der Waals surface area contributed by atoms with Crippen molar-refractivity contribution in [1.29, 1.82) is 0 Å². The molecule has 1 aliphatic rings. The molecular weight excluding hydrogens is 114 g/mol. The van der Waals surface area contributed by atoms with Crippen LogP contribution in [-0.4, -0.2) is 10.8 Å². The minimum atomic E-state index is 0.330. The molecule has 2 nitrogen and oxygen atoms in total. The van der Waals surface area contributed by atoms with E-state index < -0.39 is 0 Å². The number of fused-ring (bicyclic) bond motifs is 1. The second-order valence-electron chi connectivity index (χ2n) is 2.37. The fourth-order valence-corrected chi connectivity index (χ4v) is 1.24. The quantitative estimate of drug-likeness (QED) is 0.538. The molecule has 2 heteroatoms. The van der Waals surface area contributed by atoms with Crippen molar-refractivity contribution >= 4 is 5.78 Å². The third-order valence-corrected chi connectivity index (χ3v) is 1.69. The predicted molar refractivity (Wildman–Crippen MR) is 33.2 cm³/mol. The van der Waals surface area contributed by atoms with E-state index in [1.54, 1.807) is 0 Å². The highest BCUT2D eigenvalue weighted by Gasteiger charge is 2.17. The highest BCUT2D eigenvalue weighted by molar-refractivity contribution is 5.87. The molecule has 0 aliphatic heterocycles. The number of carbonyl (C=O) groups is 1. The van der Waals surface area contributed by atoms with Crippen molar-refractivity contribution < 1.29 is 4.79 Å². The van der Waals surface area contributed by atoms with Crippen LogP contribution in [0.25, 0.3) is 0 Å². The molecular formula is C7H7NO. The molecule has 46 valence electrons. The van der Waals surface area contributed by atoms with E-state index in [2.05, 4.69) is 4.98 Å². The van der Waals surface area contributed by atoms with E-state index in [1.807, 2.05) is 12.3 Å². The maximum absolute atomic E-state index is 10.7. The van der Waals surface area contributed by atoms with E-state index in [9.17, 15) is 4.79 Å². The van der Waals surface area contributed by atoms with Crippen LogP contribution in [0.4, 0.5) is 0 Å². The first-order valence-corrected chi connectivity index (χ1v) is 3.03. The Labute approximate surface area is 52.9 Å². The van der Waals surface area contributed by atoms with Crippen molar-refractivity contribution in [1.82, 2.24) is 4.98 Å². The number of hydrogen-bond acceptors (Lipinski definition) is 1. The molecule has 9 heavy (non-hydrogen) atoms. The summed E-state index contributed by atoms with van der Waals surface area (Å²) in [5.74, 6) is 0.330. The zero-order valence-electron chi connectivity index (χ0n) is 4.98. The van der Waals surface area contributed by atoms with E-state index in [0.717, 1.165) is 5.69 Å². The van der Waals surface area contributed by atoms with E-state index in [0.29, 0.717) is 18.6 Å². The Bertz CT molecular complexity index is 227. The van der Waals surface area contributed by atoms with E-state index >= 15 is 0 Å². The molecule has 1 aliphatic carbocycles. The summed E-state index contributed by atoms with van der Waals surface area (Å²) in [6.07, 6.45) is 3.14. The molecule has 0 fully saturated rings. The summed E-state index contributed by atoms with van der Waals surface area (Å²) in [6.45, 7) is 0. The van der Waals surface area contributed by atoms with Crippen LogP contribution in [0.2, 0.25) is 0 Å². The van der Waals surface area contributed by atoms with Gasteiger partial charge in [0.2, 0.25) is 0 Å². The number of nitrogens with one attached hydrogen (secondary N) is 1. The number of carbonyl (C=O) groups excluding carboxylic acids is 1. The van der Waals surface area contributed by atoms with Gasteiger partial charge >= 0.3 is 0 Å². The van der Waals surface area contributed by atoms with Crippen molar-refractivity contribution in [2.45, 2.75) is 12.8 Å². The van der Waals surface area contributed by atoms with Gasteiger partial charge in [0.25, 0.3) is 0 Å². The third-order valence-electron chi connectivity index (χ3n) is 1.69. The number of aromatic nitrogens is 1. The van der Waals surface area contributed by atoms with Crippen molar-refractivity contribution in [2.75, 3.05) is 0 Å². The Kier molecular flexibility index (Phi) is 0.781. The van der Waals surface area contributed by atoms with Crippen molar-refractivity contribution in [3.05, 3.63) is 23.5 Å². The number of rotatable bonds is 0. The predicted octanol–water partition coefficient (Wildman–Crippen LogP) is 0.682. The van der Waals surface area contributed by atoms with Gasteiger partial charge in [-0.25, -0.2) is 0 Å². The average molecular weight is 121 g/mol. The van der Waals surface area contributed by atoms with Gasteiger partial charge in [-0.15, -0.1) is 0 Å². The molecule has 0 atom stereocenters. The lowest BCUT2D eigenvalue weighted by Gasteiger charge is -1.80. The zero-order valence-corrected chi connectivity index (χ0v) is 4.98. The third kappa shape index (κ3) is 0.593. The molecule has 0 spiro atoms. The summed E-state index contributed by atoms with van der Waals surface area (Å²) in [5, 5.41) is 0. The number of hydrogen-bond donors (Lipinski definition) is 1. The van der Waals surface area contributed by atoms with Crippen LogP contribution in [0.5, 0.6) is 0 Å². The highest BCUT2D eigenvalue weighted by atomic mass is 16.1. The maximum Gasteiger partial charge on any atom is 0.143 e. The lowest BCUT2D eigenvalue weighted by molar-refractivity contribution is -0.117. The Morgan fingerprint density at radius 2 is 2.33 bits per heavy atom. The molecule has 0 aromatic carbocycles. The van der Waals surface area contributed by atoms with Gasteiger partial charge in [-0.2, -0.15) is 0 Å². The van der Waals surface area contributed by atoms with Crippen LogP contribution in [0.3, 0.4) is 0 Å². The second kappa shape index (κ2) is 1.47. The lowest BCUT2D eigenvalue weighted by Crippen LogP contribution is -1.94. The largest absolute Gasteiger partial charge is 0.364 e. The molecule has 1 N–H and O–H groups in total. The molecule has 2 rings (SSSR count). The molecule has 0 radical (unpaired) electrons. The summed E-state index contributed by atoms with van der Waals surface area (Å²) in [6, 6.07) is 1.97. The van der Waals surface area contributed by atoms with E-state index in [1.165, 1.54) is 5.56 Å². The van der Waals surface area contributed by atoms with Crippen LogP contribution in [0.1, 0.15) is 11.3 Å². The van der Waals surface area contributed by atoms with Crippen molar-refractivity contribution in [2.24, 2.45) is 0 Å². The lowest BCUT2D eigenvalue weighted by atomic mass is 10.3. The van der Waals surface area contributed by atoms with Crippen LogP contribution >= 0.6 is 0 Å². The first-order chi connectivity index (χ1) is 4.36. The minimum absolute atomic E-state index is 0.330. The molecule has 0 unspecified atom stereocenters. The summed E-state index contributed by atoms with van der Waals surface area (Å²) in [4.78, 5) is 13.8. The number of ketones is 1. The molecule has 0 saturated heterocycles. The fraction of sp³-hybridized carbons (Fsp3) is 0.286. The van der Waals surface area contributed by atoms with Gasteiger partial charge in [0.15, 0.2) is 0 Å². The second-order valence-corrected chi connectivity index (χ2v) is 2.37. The van der Waals surface area contributed by atoms with Crippen molar-refractivity contribution in [3.63, 3.8) is 0 Å². The molecule has 1 aromatic heterocycles. The Balaban J connectivity index is 2.49. The minimum Gasteiger partial charge on any atom is -0.364 e. The smallest absolute Gasteiger partial charge is 0.143 e. The Morgan fingerprint density at radius 3 is 3.11 bits per heavy atom. The molecule has 0 amide bonds. The van der Waals surface area contributed by atoms with Gasteiger partial charge in [0.1, 0.15) is 5.78 Å². The molecule has 1 aromatic rings. The van der Waals surface area contributed by atoms with Gasteiger partial charge in [0.05, 0.1) is 0 Å². The van der Waals surface area contributed by atoms with Crippen molar-refractivity contribution in [3.8, 4) is 0 Å². The summed E-state index contributed by atoms with van der Waals surface area (Å²) in [7, 11) is 0. The molecule has 1 heterocycles. The molecule has 0 saturated carbocycles. The van der Waals surface area contributed by atoms with E-state index in [4.69, 9.17) is 0 Å². The number of Topliss-reactive ketones (excluding diaryl/α,β-unsaturated/α-hetero) is 1. The SMILES string of the molecule is O=C1Cc2cc[nH]c2C1. The standard InChI is InChI=1S/C7H7NO/c9-6-3-5-1-2-8-7(5)4-6/h1-2,8H,3-4H2. The zero-order chi connectivity index (χ0) is 6.27. The molecule has 0 bridgehead atoms. The van der Waals surface area contributed by atoms with Gasteiger partial charge in [-0.3, -0.25) is 4.79 Å². The average Bonchev–Trinajstić information content (AvgIpc) is 2.22. The maximum atomic E-state index is 10.7. The van der Waals surface area contributed by atoms with Gasteiger partial charge in [-0.05, 0) is 11.6 Å². The first-order valence-electron chi connectivity index (χ1n) is 3.03. The Hall–Kier alpha value is -1.05. The first kappa shape index (κ1) is 4.79. The summed E-state index contributed by atoms with van der Waals surface area (Å²) in [5.41, 5.74) is 2.29. The van der Waals surface area contributed by atoms with Crippen LogP contribution in [-0.2, 0) is 17.6 Å². The monoisotopic (exact) mass is 121 g/mol. The highest BCUT2D eigenvalue weighted by Crippen LogP contribution is 2.16. The van der Waals surface area contributed by atoms with Gasteiger partial charge < -0.3 is 4.98 Å². The van der Waals surface area contributed by atoms with Gasteiger partial charge in [0, 0.05) is 24.7 Å². The summed E-state index contributed by atoms with van der Waals surface area (Å²) < 4.78 is 0. The Morgan fingerprint density at radius 1 is 1.44 bits per heavy atom. The topological polar surface area (TPSA) is 32.9 Å². The van der Waals surface area contributed by atoms with Crippen LogP contribution in [0.15, 0.2) is 12.3 Å². The summed E-state index contributed by atoms with van der Waals surface area (Å²) >= 11 is 0. The van der Waals surface area contributed by atoms with Crippen LogP contribution in [0, 0.1) is 0 Å². The van der Waals surface area contributed by atoms with Crippen LogP contribution < -0.4 is 0 Å². The van der Waals surface area contributed by atoms with E-state index in [-0.39, 0.29) is 0 Å². The number of H-pyrrole nitrogens is 1.